The van der Waals surface area contributed by atoms with Gasteiger partial charge in [0.05, 0.1) is 6.61 Å². The van der Waals surface area contributed by atoms with Crippen molar-refractivity contribution in [3.63, 3.8) is 0 Å². The van der Waals surface area contributed by atoms with Gasteiger partial charge in [-0.25, -0.2) is 4.79 Å². The number of aliphatic hydroxyl groups excluding tert-OH is 1. The van der Waals surface area contributed by atoms with Crippen LogP contribution in [0.15, 0.2) is 30.5 Å². The lowest BCUT2D eigenvalue weighted by molar-refractivity contribution is -0.142. The van der Waals surface area contributed by atoms with Gasteiger partial charge in [-0.1, -0.05) is 18.2 Å². The monoisotopic (exact) mass is 547 g/mol. The zero-order chi connectivity index (χ0) is 29.1. The first-order valence-electron chi connectivity index (χ1n) is 12.0. The maximum Gasteiger partial charge on any atom is 0.326 e. The van der Waals surface area contributed by atoms with Crippen molar-refractivity contribution in [2.24, 2.45) is 17.2 Å². The summed E-state index contributed by atoms with van der Waals surface area (Å²) in [5.41, 5.74) is 17.3. The molecular weight excluding hydrogens is 514 g/mol. The van der Waals surface area contributed by atoms with Crippen molar-refractivity contribution in [2.45, 2.75) is 56.3 Å². The number of benzene rings is 1. The molecule has 12 N–H and O–H groups in total. The number of aliphatic hydroxyl groups is 1. The minimum atomic E-state index is -1.50. The Morgan fingerprint density at radius 2 is 1.36 bits per heavy atom. The maximum absolute atomic E-state index is 13.3. The molecule has 0 bridgehead atoms. The highest BCUT2D eigenvalue weighted by Crippen LogP contribution is 2.19. The number of fused-ring (bicyclic) bond motifs is 1. The Morgan fingerprint density at radius 1 is 0.821 bits per heavy atom. The van der Waals surface area contributed by atoms with Gasteiger partial charge >= 0.3 is 5.97 Å². The van der Waals surface area contributed by atoms with E-state index in [2.05, 4.69) is 20.9 Å². The quantitative estimate of drug-likeness (QED) is 0.104. The third kappa shape index (κ3) is 9.39. The van der Waals surface area contributed by atoms with E-state index < -0.39 is 66.3 Å². The lowest BCUT2D eigenvalue weighted by Gasteiger charge is -2.25. The molecule has 1 aromatic carbocycles. The van der Waals surface area contributed by atoms with Crippen LogP contribution in [0.4, 0.5) is 0 Å². The molecule has 5 amide bonds. The van der Waals surface area contributed by atoms with Crippen LogP contribution in [-0.4, -0.2) is 81.5 Å². The Hall–Kier alpha value is -4.50. The number of hydrogen-bond donors (Lipinski definition) is 9. The van der Waals surface area contributed by atoms with Crippen LogP contribution in [0.2, 0.25) is 0 Å². The third-order valence-corrected chi connectivity index (χ3v) is 5.87. The number of para-hydroxylation sites is 1. The zero-order valence-corrected chi connectivity index (χ0v) is 21.0. The highest BCUT2D eigenvalue weighted by Gasteiger charge is 2.31. The summed E-state index contributed by atoms with van der Waals surface area (Å²) in [6.45, 7) is -0.682. The van der Waals surface area contributed by atoms with Gasteiger partial charge in [-0.15, -0.1) is 0 Å². The van der Waals surface area contributed by atoms with Gasteiger partial charge < -0.3 is 48.3 Å². The van der Waals surface area contributed by atoms with Gasteiger partial charge in [-0.2, -0.15) is 0 Å². The van der Waals surface area contributed by atoms with Crippen molar-refractivity contribution >= 4 is 46.4 Å². The number of amides is 5. The number of carboxylic acids is 1. The molecule has 1 aromatic heterocycles. The van der Waals surface area contributed by atoms with Gasteiger partial charge in [-0.05, 0) is 24.5 Å². The van der Waals surface area contributed by atoms with E-state index in [0.717, 1.165) is 10.9 Å². The Labute approximate surface area is 222 Å². The fourth-order valence-corrected chi connectivity index (χ4v) is 3.74. The Bertz CT molecular complexity index is 1210. The molecule has 4 atom stereocenters. The molecule has 0 aliphatic carbocycles. The molecule has 1 heterocycles. The summed E-state index contributed by atoms with van der Waals surface area (Å²) in [4.78, 5) is 75.8. The first-order valence-corrected chi connectivity index (χ1v) is 12.0. The lowest BCUT2D eigenvalue weighted by atomic mass is 10.0. The van der Waals surface area contributed by atoms with Gasteiger partial charge in [0.25, 0.3) is 0 Å². The molecule has 0 aliphatic heterocycles. The first kappa shape index (κ1) is 30.7. The van der Waals surface area contributed by atoms with Gasteiger partial charge in [0.15, 0.2) is 0 Å². The van der Waals surface area contributed by atoms with Crippen LogP contribution >= 0.6 is 0 Å². The summed E-state index contributed by atoms with van der Waals surface area (Å²) in [7, 11) is 0. The molecular formula is C24H33N7O8. The lowest BCUT2D eigenvalue weighted by Crippen LogP contribution is -2.58. The van der Waals surface area contributed by atoms with E-state index in [-0.39, 0.29) is 32.1 Å². The molecule has 0 saturated carbocycles. The van der Waals surface area contributed by atoms with Gasteiger partial charge in [-0.3, -0.25) is 24.0 Å². The number of rotatable bonds is 16. The second-order valence-corrected chi connectivity index (χ2v) is 8.88. The van der Waals surface area contributed by atoms with Crippen molar-refractivity contribution in [3.8, 4) is 0 Å². The molecule has 0 spiro atoms. The second-order valence-electron chi connectivity index (χ2n) is 8.88. The molecule has 39 heavy (non-hydrogen) atoms. The highest BCUT2D eigenvalue weighted by atomic mass is 16.4. The van der Waals surface area contributed by atoms with Crippen LogP contribution < -0.4 is 33.2 Å². The van der Waals surface area contributed by atoms with E-state index in [1.54, 1.807) is 18.3 Å². The standard InChI is InChI=1S/C24H33N7O8/c25-14(11-32)21(35)31-18(9-12-10-28-15-4-2-1-3-13(12)15)23(37)29-16(5-7-19(26)33)22(36)30-17(24(38)39)6-8-20(27)34/h1-4,10,14,16-18,28,32H,5-9,11,25H2,(H2,26,33)(H2,27,34)(H,29,37)(H,30,36)(H,31,35)(H,38,39). The normalized spacial score (nSPS) is 14.0. The predicted octanol–water partition coefficient (Wildman–Crippen LogP) is -2.90. The van der Waals surface area contributed by atoms with Crippen molar-refractivity contribution in [2.75, 3.05) is 6.61 Å². The fraction of sp³-hybridized carbons (Fsp3) is 0.417. The number of aliphatic carboxylic acids is 1. The summed E-state index contributed by atoms with van der Waals surface area (Å²) in [6.07, 6.45) is 0.382. The van der Waals surface area contributed by atoms with Crippen molar-refractivity contribution < 1.29 is 39.0 Å². The van der Waals surface area contributed by atoms with E-state index in [4.69, 9.17) is 17.2 Å². The maximum atomic E-state index is 13.3. The van der Waals surface area contributed by atoms with E-state index >= 15 is 0 Å². The molecule has 15 heteroatoms. The molecule has 0 fully saturated rings. The zero-order valence-electron chi connectivity index (χ0n) is 21.0. The molecule has 0 aliphatic rings. The van der Waals surface area contributed by atoms with Gasteiger partial charge in [0, 0.05) is 36.4 Å². The van der Waals surface area contributed by atoms with Crippen LogP contribution in [-0.2, 0) is 35.2 Å². The number of carbonyl (C=O) groups is 6. The highest BCUT2D eigenvalue weighted by molar-refractivity contribution is 5.95. The Balaban J connectivity index is 2.29. The van der Waals surface area contributed by atoms with Crippen molar-refractivity contribution in [3.05, 3.63) is 36.0 Å². The van der Waals surface area contributed by atoms with Crippen LogP contribution in [0, 0.1) is 0 Å². The number of carboxylic acid groups (broad SMARTS) is 1. The minimum absolute atomic E-state index is 0.0414. The van der Waals surface area contributed by atoms with Crippen LogP contribution in [0.5, 0.6) is 0 Å². The Kier molecular flexibility index (Phi) is 11.4. The number of aromatic nitrogens is 1. The van der Waals surface area contributed by atoms with Crippen LogP contribution in [0.3, 0.4) is 0 Å². The Morgan fingerprint density at radius 3 is 1.95 bits per heavy atom. The SMILES string of the molecule is NC(=O)CCC(NC(=O)C(CCC(N)=O)NC(=O)C(Cc1c[nH]c2ccccc12)NC(=O)C(N)CO)C(=O)O. The summed E-state index contributed by atoms with van der Waals surface area (Å²) in [6, 6.07) is 1.70. The average Bonchev–Trinajstić information content (AvgIpc) is 3.29. The largest absolute Gasteiger partial charge is 0.480 e. The first-order chi connectivity index (χ1) is 18.4. The van der Waals surface area contributed by atoms with Crippen LogP contribution in [0.1, 0.15) is 31.2 Å². The smallest absolute Gasteiger partial charge is 0.326 e. The van der Waals surface area contributed by atoms with E-state index in [0.29, 0.717) is 5.56 Å². The molecule has 0 saturated heterocycles. The van der Waals surface area contributed by atoms with Crippen molar-refractivity contribution in [1.82, 2.24) is 20.9 Å². The molecule has 2 aromatic rings. The number of primary amides is 2. The number of nitrogens with two attached hydrogens (primary N) is 3. The second kappa shape index (κ2) is 14.4. The number of hydrogen-bond acceptors (Lipinski definition) is 8. The summed E-state index contributed by atoms with van der Waals surface area (Å²) in [5, 5.41) is 26.5. The number of H-pyrrole nitrogens is 1. The van der Waals surface area contributed by atoms with E-state index in [1.807, 2.05) is 12.1 Å². The predicted molar refractivity (Wildman–Crippen MR) is 137 cm³/mol. The summed E-state index contributed by atoms with van der Waals surface area (Å²) < 4.78 is 0. The molecule has 2 rings (SSSR count). The molecule has 15 nitrogen and oxygen atoms in total. The number of nitrogens with one attached hydrogen (secondary N) is 4. The van der Waals surface area contributed by atoms with Crippen molar-refractivity contribution in [1.29, 1.82) is 0 Å². The summed E-state index contributed by atoms with van der Waals surface area (Å²) >= 11 is 0. The van der Waals surface area contributed by atoms with E-state index in [9.17, 15) is 39.0 Å². The van der Waals surface area contributed by atoms with Gasteiger partial charge in [0.1, 0.15) is 24.2 Å². The summed E-state index contributed by atoms with van der Waals surface area (Å²) in [5.74, 6) is -5.60. The topological polar surface area (TPSA) is 273 Å². The van der Waals surface area contributed by atoms with Gasteiger partial charge in [0.2, 0.25) is 29.5 Å². The minimum Gasteiger partial charge on any atom is -0.480 e. The van der Waals surface area contributed by atoms with Crippen LogP contribution in [0.25, 0.3) is 10.9 Å². The molecule has 4 unspecified atom stereocenters. The average molecular weight is 548 g/mol. The molecule has 0 radical (unpaired) electrons. The number of aromatic amines is 1. The third-order valence-electron chi connectivity index (χ3n) is 5.87. The molecule has 212 valence electrons. The fourth-order valence-electron chi connectivity index (χ4n) is 3.74. The number of carbonyl (C=O) groups excluding carboxylic acids is 5. The van der Waals surface area contributed by atoms with E-state index in [1.165, 1.54) is 0 Å².